The summed E-state index contributed by atoms with van der Waals surface area (Å²) in [5, 5.41) is 0. The molecule has 1 aromatic carbocycles. The van der Waals surface area contributed by atoms with Gasteiger partial charge in [0.15, 0.2) is 0 Å². The molecule has 0 heterocycles. The van der Waals surface area contributed by atoms with Crippen LogP contribution in [0.2, 0.25) is 0 Å². The monoisotopic (exact) mass is 270 g/mol. The van der Waals surface area contributed by atoms with Gasteiger partial charge in [-0.2, -0.15) is 0 Å². The zero-order valence-corrected chi connectivity index (χ0v) is 14.6. The van der Waals surface area contributed by atoms with Gasteiger partial charge < -0.3 is 0 Å². The Morgan fingerprint density at radius 2 is 1.00 bits per heavy atom. The van der Waals surface area contributed by atoms with E-state index in [0.717, 1.165) is 0 Å². The van der Waals surface area contributed by atoms with E-state index in [1.807, 2.05) is 0 Å². The van der Waals surface area contributed by atoms with Crippen LogP contribution in [0.15, 0.2) is 12.1 Å². The van der Waals surface area contributed by atoms with Gasteiger partial charge in [0.05, 0.1) is 0 Å². The summed E-state index contributed by atoms with van der Waals surface area (Å²) in [6, 6.07) is 4.82. The van der Waals surface area contributed by atoms with Gasteiger partial charge in [-0.05, 0) is 45.9 Å². The third-order valence-corrected chi connectivity index (χ3v) is 5.14. The number of hydrogen-bond acceptors (Lipinski definition) is 0. The highest BCUT2D eigenvalue weighted by atomic mass is 14.6. The summed E-state index contributed by atoms with van der Waals surface area (Å²) in [4.78, 5) is 0. The van der Waals surface area contributed by atoms with Gasteiger partial charge in [-0.3, -0.25) is 0 Å². The van der Waals surface area contributed by atoms with Crippen molar-refractivity contribution in [1.29, 1.82) is 0 Å². The molecule has 0 heteroatoms. The Bertz CT molecular complexity index is 526. The van der Waals surface area contributed by atoms with Gasteiger partial charge in [-0.15, -0.1) is 0 Å². The SMILES string of the molecule is CC(C)(C)CC1(C)c2ccc3c(c21)C3(C)CC(C)(C)C. The van der Waals surface area contributed by atoms with Crippen LogP contribution in [0.25, 0.3) is 0 Å². The smallest absolute Gasteiger partial charge is 0.0189 e. The first-order valence-electron chi connectivity index (χ1n) is 8.07. The molecule has 2 unspecified atom stereocenters. The van der Waals surface area contributed by atoms with Crippen molar-refractivity contribution in [2.45, 2.75) is 79.1 Å². The highest BCUT2D eigenvalue weighted by Gasteiger charge is 2.60. The van der Waals surface area contributed by atoms with Crippen molar-refractivity contribution < 1.29 is 0 Å². The summed E-state index contributed by atoms with van der Waals surface area (Å²) in [6.07, 6.45) is 2.55. The van der Waals surface area contributed by atoms with Crippen molar-refractivity contribution in [3.8, 4) is 0 Å². The van der Waals surface area contributed by atoms with Crippen LogP contribution in [-0.4, -0.2) is 0 Å². The molecule has 0 aromatic heterocycles. The molecular weight excluding hydrogens is 240 g/mol. The van der Waals surface area contributed by atoms with E-state index in [4.69, 9.17) is 0 Å². The number of rotatable bonds is 2. The lowest BCUT2D eigenvalue weighted by Gasteiger charge is -2.25. The van der Waals surface area contributed by atoms with E-state index < -0.39 is 0 Å². The minimum Gasteiger partial charge on any atom is -0.0601 e. The first-order chi connectivity index (χ1) is 8.89. The van der Waals surface area contributed by atoms with Crippen LogP contribution in [0.4, 0.5) is 0 Å². The van der Waals surface area contributed by atoms with E-state index >= 15 is 0 Å². The lowest BCUT2D eigenvalue weighted by molar-refractivity contribution is 0.322. The lowest BCUT2D eigenvalue weighted by Crippen LogP contribution is -2.18. The first kappa shape index (κ1) is 14.2. The third-order valence-electron chi connectivity index (χ3n) is 5.14. The maximum absolute atomic E-state index is 2.46. The van der Waals surface area contributed by atoms with Crippen LogP contribution in [0.1, 0.15) is 90.5 Å². The van der Waals surface area contributed by atoms with Gasteiger partial charge in [-0.25, -0.2) is 0 Å². The van der Waals surface area contributed by atoms with Crippen LogP contribution in [-0.2, 0) is 10.8 Å². The fourth-order valence-corrected chi connectivity index (χ4v) is 4.89. The van der Waals surface area contributed by atoms with Crippen LogP contribution in [0.5, 0.6) is 0 Å². The molecule has 1 aromatic rings. The van der Waals surface area contributed by atoms with E-state index in [0.29, 0.717) is 21.7 Å². The Kier molecular flexibility index (Phi) is 2.49. The van der Waals surface area contributed by atoms with Crippen molar-refractivity contribution in [3.63, 3.8) is 0 Å². The maximum atomic E-state index is 2.46. The summed E-state index contributed by atoms with van der Waals surface area (Å²) in [6.45, 7) is 19.1. The topological polar surface area (TPSA) is 0 Å². The molecule has 0 saturated carbocycles. The first-order valence-corrected chi connectivity index (χ1v) is 8.07. The fraction of sp³-hybridized carbons (Fsp3) is 0.700. The zero-order valence-electron chi connectivity index (χ0n) is 14.6. The molecule has 2 atom stereocenters. The van der Waals surface area contributed by atoms with Gasteiger partial charge in [-0.1, -0.05) is 67.5 Å². The van der Waals surface area contributed by atoms with Crippen molar-refractivity contribution in [3.05, 3.63) is 34.4 Å². The molecule has 0 amide bonds. The molecule has 110 valence electrons. The lowest BCUT2D eigenvalue weighted by atomic mass is 9.79. The van der Waals surface area contributed by atoms with Crippen molar-refractivity contribution in [2.24, 2.45) is 10.8 Å². The average molecular weight is 270 g/mol. The van der Waals surface area contributed by atoms with Crippen molar-refractivity contribution in [1.82, 2.24) is 0 Å². The van der Waals surface area contributed by atoms with E-state index in [-0.39, 0.29) is 0 Å². The largest absolute Gasteiger partial charge is 0.0601 e. The molecule has 2 aliphatic rings. The molecule has 2 aliphatic carbocycles. The highest BCUT2D eigenvalue weighted by Crippen LogP contribution is 2.68. The van der Waals surface area contributed by atoms with Gasteiger partial charge in [0.1, 0.15) is 0 Å². The van der Waals surface area contributed by atoms with E-state index in [1.165, 1.54) is 12.8 Å². The molecule has 0 bridgehead atoms. The Morgan fingerprint density at radius 1 is 0.700 bits per heavy atom. The molecule has 0 fully saturated rings. The normalized spacial score (nSPS) is 30.8. The summed E-state index contributed by atoms with van der Waals surface area (Å²) in [5.74, 6) is 0. The second-order valence-corrected chi connectivity index (χ2v) is 10.0. The third kappa shape index (κ3) is 1.95. The predicted molar refractivity (Wildman–Crippen MR) is 87.5 cm³/mol. The fourth-order valence-electron chi connectivity index (χ4n) is 4.89. The van der Waals surface area contributed by atoms with E-state index in [9.17, 15) is 0 Å². The molecule has 0 spiro atoms. The summed E-state index contributed by atoms with van der Waals surface area (Å²) >= 11 is 0. The quantitative estimate of drug-likeness (QED) is 0.637. The van der Waals surface area contributed by atoms with Crippen LogP contribution in [0.3, 0.4) is 0 Å². The van der Waals surface area contributed by atoms with Gasteiger partial charge in [0.25, 0.3) is 0 Å². The standard InChI is InChI=1S/C20H30/c1-17(2,3)11-19(7)13-9-10-14-16(15(13)19)20(14,8)12-18(4,5)6/h9-10H,11-12H2,1-8H3. The van der Waals surface area contributed by atoms with Gasteiger partial charge >= 0.3 is 0 Å². The summed E-state index contributed by atoms with van der Waals surface area (Å²) in [5.41, 5.74) is 8.19. The average Bonchev–Trinajstić information content (AvgIpc) is 2.97. The number of fused-ring (bicyclic) bond motifs is 3. The Hall–Kier alpha value is -0.780. The Balaban J connectivity index is 1.91. The van der Waals surface area contributed by atoms with E-state index in [1.54, 1.807) is 22.3 Å². The minimum absolute atomic E-state index is 0.363. The van der Waals surface area contributed by atoms with Gasteiger partial charge in [0, 0.05) is 10.8 Å². The second kappa shape index (κ2) is 3.51. The van der Waals surface area contributed by atoms with Gasteiger partial charge in [0.2, 0.25) is 0 Å². The number of hydrogen-bond donors (Lipinski definition) is 0. The number of benzene rings is 1. The van der Waals surface area contributed by atoms with Crippen molar-refractivity contribution in [2.75, 3.05) is 0 Å². The second-order valence-electron chi connectivity index (χ2n) is 10.0. The predicted octanol–water partition coefficient (Wildman–Crippen LogP) is 5.80. The van der Waals surface area contributed by atoms with Crippen LogP contribution < -0.4 is 0 Å². The van der Waals surface area contributed by atoms with Crippen LogP contribution >= 0.6 is 0 Å². The highest BCUT2D eigenvalue weighted by molar-refractivity contribution is 5.76. The molecule has 0 aliphatic heterocycles. The van der Waals surface area contributed by atoms with E-state index in [2.05, 4.69) is 67.5 Å². The Labute approximate surface area is 125 Å². The van der Waals surface area contributed by atoms with Crippen LogP contribution in [0, 0.1) is 10.8 Å². The molecular formula is C20H30. The molecule has 3 rings (SSSR count). The van der Waals surface area contributed by atoms with Crippen molar-refractivity contribution >= 4 is 0 Å². The zero-order chi connectivity index (χ0) is 15.1. The molecule has 0 N–H and O–H groups in total. The minimum atomic E-state index is 0.363. The molecule has 0 saturated heterocycles. The Morgan fingerprint density at radius 3 is 1.25 bits per heavy atom. The summed E-state index contributed by atoms with van der Waals surface area (Å²) in [7, 11) is 0. The molecule has 20 heavy (non-hydrogen) atoms. The summed E-state index contributed by atoms with van der Waals surface area (Å²) < 4.78 is 0. The maximum Gasteiger partial charge on any atom is 0.0189 e. The molecule has 0 radical (unpaired) electrons. The molecule has 0 nitrogen and oxygen atoms in total.